The summed E-state index contributed by atoms with van der Waals surface area (Å²) in [6.45, 7) is 13.6. The van der Waals surface area contributed by atoms with Gasteiger partial charge in [0.2, 0.25) is 8.32 Å². The van der Waals surface area contributed by atoms with Crippen molar-refractivity contribution < 1.29 is 4.43 Å². The van der Waals surface area contributed by atoms with Crippen molar-refractivity contribution in [3.8, 4) is 0 Å². The zero-order valence-corrected chi connectivity index (χ0v) is 11.5. The average Bonchev–Trinajstić information content (AvgIpc) is 1.97. The van der Waals surface area contributed by atoms with Crippen molar-refractivity contribution in [3.63, 3.8) is 0 Å². The van der Waals surface area contributed by atoms with E-state index in [2.05, 4.69) is 41.5 Å². The largest absolute Gasteiger partial charge is 0.403 e. The monoisotopic (exact) mass is 222 g/mol. The number of rotatable bonds is 5. The minimum Gasteiger partial charge on any atom is -0.403 e. The fourth-order valence-corrected chi connectivity index (χ4v) is 8.35. The molecular weight excluding hydrogens is 200 g/mol. The molecule has 0 rings (SSSR count). The smallest absolute Gasteiger partial charge is 0.201 e. The van der Waals surface area contributed by atoms with E-state index >= 15 is 0 Å². The third-order valence-electron chi connectivity index (χ3n) is 3.01. The summed E-state index contributed by atoms with van der Waals surface area (Å²) >= 11 is 5.73. The topological polar surface area (TPSA) is 9.23 Å². The molecule has 0 bridgehead atoms. The summed E-state index contributed by atoms with van der Waals surface area (Å²) in [6.07, 6.45) is 0. The van der Waals surface area contributed by atoms with Gasteiger partial charge in [0.15, 0.2) is 0 Å². The maximum absolute atomic E-state index is 5.92. The third kappa shape index (κ3) is 2.71. The third-order valence-corrected chi connectivity index (χ3v) is 9.36. The number of hydrogen-bond donors (Lipinski definition) is 0. The lowest BCUT2D eigenvalue weighted by Crippen LogP contribution is -2.47. The van der Waals surface area contributed by atoms with E-state index in [-0.39, 0.29) is 0 Å². The molecule has 0 radical (unpaired) electrons. The highest BCUT2D eigenvalue weighted by atomic mass is 35.5. The molecule has 0 aromatic rings. The quantitative estimate of drug-likeness (QED) is 0.496. The summed E-state index contributed by atoms with van der Waals surface area (Å²) in [4.78, 5) is 0. The lowest BCUT2D eigenvalue weighted by atomic mass is 10.5. The van der Waals surface area contributed by atoms with Crippen LogP contribution in [-0.2, 0) is 4.43 Å². The Hall–Kier alpha value is 0.467. The molecule has 0 aliphatic carbocycles. The Morgan fingerprint density at radius 3 is 1.31 bits per heavy atom. The van der Waals surface area contributed by atoms with Crippen LogP contribution in [-0.4, -0.2) is 14.4 Å². The molecule has 0 aromatic carbocycles. The fraction of sp³-hybridized carbons (Fsp3) is 1.00. The molecule has 0 heterocycles. The molecule has 0 amide bonds. The second-order valence-electron chi connectivity index (χ2n) is 4.57. The molecule has 0 aromatic heterocycles. The zero-order chi connectivity index (χ0) is 10.6. The Balaban J connectivity index is 4.82. The number of hydrogen-bond acceptors (Lipinski definition) is 1. The normalized spacial score (nSPS) is 13.4. The first-order valence-corrected chi connectivity index (χ1v) is 7.77. The Morgan fingerprint density at radius 1 is 0.923 bits per heavy atom. The van der Waals surface area contributed by atoms with Crippen LogP contribution in [0.1, 0.15) is 41.5 Å². The first-order valence-electron chi connectivity index (χ1n) is 5.09. The summed E-state index contributed by atoms with van der Waals surface area (Å²) in [5.74, 6) is 0. The Morgan fingerprint density at radius 2 is 1.23 bits per heavy atom. The Labute approximate surface area is 88.9 Å². The van der Waals surface area contributed by atoms with Crippen molar-refractivity contribution in [3.05, 3.63) is 0 Å². The maximum atomic E-state index is 5.92. The first kappa shape index (κ1) is 13.5. The van der Waals surface area contributed by atoms with E-state index in [1.165, 1.54) is 0 Å². The van der Waals surface area contributed by atoms with Gasteiger partial charge < -0.3 is 4.43 Å². The van der Waals surface area contributed by atoms with Gasteiger partial charge in [-0.2, -0.15) is 0 Å². The van der Waals surface area contributed by atoms with Crippen LogP contribution in [0.5, 0.6) is 0 Å². The van der Waals surface area contributed by atoms with E-state index in [0.29, 0.717) is 22.7 Å². The molecule has 0 saturated carbocycles. The van der Waals surface area contributed by atoms with Gasteiger partial charge in [0.05, 0.1) is 0 Å². The Bertz CT molecular complexity index is 124. The molecule has 0 N–H and O–H groups in total. The van der Waals surface area contributed by atoms with E-state index in [0.717, 1.165) is 0 Å². The summed E-state index contributed by atoms with van der Waals surface area (Å²) in [5, 5.41) is 0. The van der Waals surface area contributed by atoms with Crippen molar-refractivity contribution in [2.75, 3.05) is 6.07 Å². The van der Waals surface area contributed by atoms with E-state index < -0.39 is 8.32 Å². The summed E-state index contributed by atoms with van der Waals surface area (Å²) in [5.41, 5.74) is 1.89. The molecular formula is C10H23ClOSi. The van der Waals surface area contributed by atoms with Crippen LogP contribution in [0.2, 0.25) is 16.6 Å². The summed E-state index contributed by atoms with van der Waals surface area (Å²) in [7, 11) is -1.66. The van der Waals surface area contributed by atoms with Crippen molar-refractivity contribution >= 4 is 19.9 Å². The van der Waals surface area contributed by atoms with Crippen LogP contribution in [0.15, 0.2) is 0 Å². The number of alkyl halides is 1. The van der Waals surface area contributed by atoms with Gasteiger partial charge in [0.1, 0.15) is 6.07 Å². The van der Waals surface area contributed by atoms with Crippen LogP contribution >= 0.6 is 11.6 Å². The van der Waals surface area contributed by atoms with Gasteiger partial charge >= 0.3 is 0 Å². The van der Waals surface area contributed by atoms with Crippen molar-refractivity contribution in [1.29, 1.82) is 0 Å². The average molecular weight is 223 g/mol. The standard InChI is InChI=1S/C10H23ClOSi/c1-8(2)13(9(3)4,10(5)6)12-7-11/h8-10H,7H2,1-6H3. The molecule has 0 fully saturated rings. The maximum Gasteiger partial charge on any atom is 0.201 e. The van der Waals surface area contributed by atoms with Gasteiger partial charge in [0, 0.05) is 0 Å². The lowest BCUT2D eigenvalue weighted by Gasteiger charge is -2.41. The molecule has 1 nitrogen and oxygen atoms in total. The van der Waals surface area contributed by atoms with Crippen LogP contribution < -0.4 is 0 Å². The second kappa shape index (κ2) is 5.37. The minimum absolute atomic E-state index is 0.348. The molecule has 0 aliphatic rings. The van der Waals surface area contributed by atoms with Crippen LogP contribution in [0.3, 0.4) is 0 Å². The van der Waals surface area contributed by atoms with E-state index in [1.54, 1.807) is 0 Å². The highest BCUT2D eigenvalue weighted by Gasteiger charge is 2.44. The van der Waals surface area contributed by atoms with E-state index in [4.69, 9.17) is 16.0 Å². The van der Waals surface area contributed by atoms with Gasteiger partial charge in [-0.15, -0.1) is 0 Å². The lowest BCUT2D eigenvalue weighted by molar-refractivity contribution is 0.337. The molecule has 0 atom stereocenters. The number of halogens is 1. The molecule has 0 unspecified atom stereocenters. The van der Waals surface area contributed by atoms with Crippen molar-refractivity contribution in [2.45, 2.75) is 58.2 Å². The summed E-state index contributed by atoms with van der Waals surface area (Å²) in [6, 6.07) is 0.348. The molecule has 80 valence electrons. The predicted octanol–water partition coefficient (Wildman–Crippen LogP) is 4.37. The van der Waals surface area contributed by atoms with Gasteiger partial charge in [-0.1, -0.05) is 53.1 Å². The summed E-state index contributed by atoms with van der Waals surface area (Å²) < 4.78 is 5.92. The van der Waals surface area contributed by atoms with Crippen LogP contribution in [0.25, 0.3) is 0 Å². The zero-order valence-electron chi connectivity index (χ0n) is 9.73. The molecule has 0 spiro atoms. The SMILES string of the molecule is CC(C)[Si](OCCl)(C(C)C)C(C)C. The van der Waals surface area contributed by atoms with Crippen LogP contribution in [0, 0.1) is 0 Å². The highest BCUT2D eigenvalue weighted by molar-refractivity contribution is 6.77. The Kier molecular flexibility index (Phi) is 5.57. The molecule has 0 aliphatic heterocycles. The van der Waals surface area contributed by atoms with E-state index in [9.17, 15) is 0 Å². The van der Waals surface area contributed by atoms with Crippen molar-refractivity contribution in [2.24, 2.45) is 0 Å². The molecule has 0 saturated heterocycles. The first-order chi connectivity index (χ1) is 5.89. The van der Waals surface area contributed by atoms with Gasteiger partial charge in [-0.3, -0.25) is 0 Å². The van der Waals surface area contributed by atoms with E-state index in [1.807, 2.05) is 0 Å². The van der Waals surface area contributed by atoms with Crippen molar-refractivity contribution in [1.82, 2.24) is 0 Å². The van der Waals surface area contributed by atoms with Gasteiger partial charge in [0.25, 0.3) is 0 Å². The van der Waals surface area contributed by atoms with Gasteiger partial charge in [-0.05, 0) is 16.6 Å². The highest BCUT2D eigenvalue weighted by Crippen LogP contribution is 2.42. The second-order valence-corrected chi connectivity index (χ2v) is 10.2. The fourth-order valence-electron chi connectivity index (χ4n) is 2.59. The predicted molar refractivity (Wildman–Crippen MR) is 62.9 cm³/mol. The minimum atomic E-state index is -1.66. The molecule has 3 heteroatoms. The molecule has 13 heavy (non-hydrogen) atoms. The van der Waals surface area contributed by atoms with Gasteiger partial charge in [-0.25, -0.2) is 0 Å². The van der Waals surface area contributed by atoms with Crippen LogP contribution in [0.4, 0.5) is 0 Å².